The molecule has 0 aliphatic heterocycles. The third-order valence-electron chi connectivity index (χ3n) is 5.92. The van der Waals surface area contributed by atoms with Crippen LogP contribution in [0, 0.1) is 20.8 Å². The summed E-state index contributed by atoms with van der Waals surface area (Å²) >= 11 is 2.76. The van der Waals surface area contributed by atoms with E-state index in [1.807, 2.05) is 20.8 Å². The van der Waals surface area contributed by atoms with E-state index >= 15 is 0 Å². The normalized spacial score (nSPS) is 13.7. The Bertz CT molecular complexity index is 1180. The largest absolute Gasteiger partial charge is 0.465 e. The number of rotatable bonds is 3. The van der Waals surface area contributed by atoms with Gasteiger partial charge in [0.05, 0.1) is 18.4 Å². The predicted molar refractivity (Wildman–Crippen MR) is 123 cm³/mol. The molecule has 0 spiro atoms. The summed E-state index contributed by atoms with van der Waals surface area (Å²) in [5, 5.41) is 4.34. The number of thiophene rings is 2. The first-order chi connectivity index (χ1) is 14.3. The molecule has 0 saturated carbocycles. The van der Waals surface area contributed by atoms with E-state index in [1.54, 1.807) is 0 Å². The maximum absolute atomic E-state index is 13.2. The average molecular weight is 444 g/mol. The zero-order valence-electron chi connectivity index (χ0n) is 17.6. The monoisotopic (exact) mass is 443 g/mol. The Balaban J connectivity index is 1.75. The minimum absolute atomic E-state index is 0.313. The number of methoxy groups -OCH3 is 1. The molecular formula is C22H25N3O3S2. The number of ether oxygens (including phenoxy) is 1. The number of fused-ring (bicyclic) bond motifs is 2. The summed E-state index contributed by atoms with van der Waals surface area (Å²) in [5.41, 5.74) is 11.4. The minimum atomic E-state index is -0.405. The van der Waals surface area contributed by atoms with Crippen LogP contribution >= 0.6 is 22.7 Å². The van der Waals surface area contributed by atoms with Gasteiger partial charge >= 0.3 is 5.97 Å². The fourth-order valence-corrected chi connectivity index (χ4v) is 6.41. The first-order valence-corrected chi connectivity index (χ1v) is 11.7. The number of nitrogens with one attached hydrogen (secondary N) is 1. The highest BCUT2D eigenvalue weighted by Gasteiger charge is 2.28. The molecule has 3 aromatic rings. The van der Waals surface area contributed by atoms with Gasteiger partial charge < -0.3 is 15.8 Å². The number of pyridine rings is 1. The van der Waals surface area contributed by atoms with Gasteiger partial charge in [-0.1, -0.05) is 6.42 Å². The molecule has 1 amide bonds. The summed E-state index contributed by atoms with van der Waals surface area (Å²) in [6.45, 7) is 5.97. The quantitative estimate of drug-likeness (QED) is 0.430. The molecule has 0 bridgehead atoms. The number of aromatic nitrogens is 1. The van der Waals surface area contributed by atoms with Crippen LogP contribution in [0.1, 0.15) is 66.6 Å². The molecule has 3 aromatic heterocycles. The van der Waals surface area contributed by atoms with Gasteiger partial charge in [-0.3, -0.25) is 4.79 Å². The van der Waals surface area contributed by atoms with E-state index in [1.165, 1.54) is 29.8 Å². The highest BCUT2D eigenvalue weighted by molar-refractivity contribution is 7.21. The molecule has 0 fully saturated rings. The first-order valence-electron chi connectivity index (χ1n) is 10.0. The van der Waals surface area contributed by atoms with Gasteiger partial charge in [0.2, 0.25) is 0 Å². The minimum Gasteiger partial charge on any atom is -0.465 e. The number of nitrogens with zero attached hydrogens (tertiary/aromatic N) is 1. The van der Waals surface area contributed by atoms with Crippen LogP contribution in [0.15, 0.2) is 0 Å². The van der Waals surface area contributed by atoms with Crippen molar-refractivity contribution in [2.75, 3.05) is 18.2 Å². The van der Waals surface area contributed by atoms with Gasteiger partial charge in [-0.2, -0.15) is 0 Å². The third-order valence-corrected chi connectivity index (χ3v) is 8.23. The van der Waals surface area contributed by atoms with Crippen molar-refractivity contribution in [3.05, 3.63) is 37.7 Å². The van der Waals surface area contributed by atoms with Crippen molar-refractivity contribution < 1.29 is 14.3 Å². The van der Waals surface area contributed by atoms with Crippen molar-refractivity contribution in [2.24, 2.45) is 0 Å². The van der Waals surface area contributed by atoms with Gasteiger partial charge in [0.25, 0.3) is 5.91 Å². The van der Waals surface area contributed by atoms with E-state index in [-0.39, 0.29) is 5.91 Å². The summed E-state index contributed by atoms with van der Waals surface area (Å²) in [6, 6.07) is 0. The molecular weight excluding hydrogens is 418 g/mol. The Kier molecular flexibility index (Phi) is 5.55. The first kappa shape index (κ1) is 20.8. The molecule has 3 N–H and O–H groups in total. The smallest absolute Gasteiger partial charge is 0.341 e. The second kappa shape index (κ2) is 8.00. The van der Waals surface area contributed by atoms with Gasteiger partial charge in [-0.15, -0.1) is 22.7 Å². The van der Waals surface area contributed by atoms with Gasteiger partial charge in [-0.05, 0) is 63.1 Å². The average Bonchev–Trinajstić information content (AvgIpc) is 3.12. The number of carbonyl (C=O) groups is 2. The predicted octanol–water partition coefficient (Wildman–Crippen LogP) is 5.17. The topological polar surface area (TPSA) is 94.3 Å². The number of esters is 1. The summed E-state index contributed by atoms with van der Waals surface area (Å²) in [6.07, 6.45) is 5.03. The molecule has 0 aromatic carbocycles. The van der Waals surface area contributed by atoms with E-state index in [0.29, 0.717) is 21.1 Å². The molecule has 0 saturated heterocycles. The molecule has 4 rings (SSSR count). The van der Waals surface area contributed by atoms with Crippen molar-refractivity contribution in [3.8, 4) is 0 Å². The maximum atomic E-state index is 13.2. The molecule has 3 heterocycles. The lowest BCUT2D eigenvalue weighted by atomic mass is 10.0. The van der Waals surface area contributed by atoms with Crippen LogP contribution in [0.4, 0.5) is 10.7 Å². The number of nitrogens with two attached hydrogens (primary N) is 1. The van der Waals surface area contributed by atoms with E-state index in [2.05, 4.69) is 10.3 Å². The summed E-state index contributed by atoms with van der Waals surface area (Å²) < 4.78 is 5.03. The molecule has 30 heavy (non-hydrogen) atoms. The number of hydrogen-bond acceptors (Lipinski definition) is 7. The van der Waals surface area contributed by atoms with Crippen LogP contribution in [0.2, 0.25) is 0 Å². The van der Waals surface area contributed by atoms with Crippen LogP contribution in [0.25, 0.3) is 10.2 Å². The van der Waals surface area contributed by atoms with Crippen molar-refractivity contribution >= 4 is 55.5 Å². The van der Waals surface area contributed by atoms with Gasteiger partial charge in [0, 0.05) is 16.0 Å². The number of nitrogen functional groups attached to an aromatic ring is 1. The second-order valence-electron chi connectivity index (χ2n) is 7.69. The van der Waals surface area contributed by atoms with E-state index in [0.717, 1.165) is 69.6 Å². The maximum Gasteiger partial charge on any atom is 0.341 e. The second-order valence-corrected chi connectivity index (χ2v) is 9.79. The van der Waals surface area contributed by atoms with Crippen LogP contribution in [-0.4, -0.2) is 24.0 Å². The number of hydrogen-bond donors (Lipinski definition) is 2. The van der Waals surface area contributed by atoms with Crippen molar-refractivity contribution in [1.82, 2.24) is 4.98 Å². The zero-order chi connectivity index (χ0) is 21.6. The molecule has 0 atom stereocenters. The van der Waals surface area contributed by atoms with E-state index < -0.39 is 5.97 Å². The Morgan fingerprint density at radius 3 is 2.53 bits per heavy atom. The van der Waals surface area contributed by atoms with Crippen LogP contribution < -0.4 is 11.1 Å². The number of aryl methyl sites for hydroxylation is 3. The lowest BCUT2D eigenvalue weighted by Gasteiger charge is -2.07. The molecule has 1 aliphatic carbocycles. The summed E-state index contributed by atoms with van der Waals surface area (Å²) in [4.78, 5) is 32.7. The van der Waals surface area contributed by atoms with Gasteiger partial charge in [0.15, 0.2) is 0 Å². The van der Waals surface area contributed by atoms with Gasteiger partial charge in [0.1, 0.15) is 14.7 Å². The SMILES string of the molecule is COC(=O)c1c(NC(=O)c2sc3nc(C)c(C)c(C)c3c2N)sc2c1CCCCC2. The van der Waals surface area contributed by atoms with Crippen LogP contribution in [0.3, 0.4) is 0 Å². The van der Waals surface area contributed by atoms with E-state index in [4.69, 9.17) is 10.5 Å². The molecule has 0 unspecified atom stereocenters. The Morgan fingerprint density at radius 2 is 1.80 bits per heavy atom. The lowest BCUT2D eigenvalue weighted by Crippen LogP contribution is -2.14. The zero-order valence-corrected chi connectivity index (χ0v) is 19.2. The van der Waals surface area contributed by atoms with Crippen molar-refractivity contribution in [1.29, 1.82) is 0 Å². The standard InChI is InChI=1S/C22H25N3O3S2/c1-10-11(2)15-17(23)18(30-20(15)24-12(10)3)19(26)25-21-16(22(27)28-4)13-8-6-5-7-9-14(13)29-21/h5-9,23H2,1-4H3,(H,25,26). The molecule has 8 heteroatoms. The highest BCUT2D eigenvalue weighted by Crippen LogP contribution is 2.40. The molecule has 6 nitrogen and oxygen atoms in total. The number of carbonyl (C=O) groups excluding carboxylic acids is 2. The van der Waals surface area contributed by atoms with Crippen LogP contribution in [0.5, 0.6) is 0 Å². The van der Waals surface area contributed by atoms with Crippen LogP contribution in [-0.2, 0) is 17.6 Å². The fraction of sp³-hybridized carbons (Fsp3) is 0.409. The highest BCUT2D eigenvalue weighted by atomic mass is 32.1. The summed E-state index contributed by atoms with van der Waals surface area (Å²) in [7, 11) is 1.37. The number of anilines is 2. The van der Waals surface area contributed by atoms with Gasteiger partial charge in [-0.25, -0.2) is 9.78 Å². The molecule has 0 radical (unpaired) electrons. The third kappa shape index (κ3) is 3.37. The number of amides is 1. The Hall–Kier alpha value is -2.45. The van der Waals surface area contributed by atoms with Crippen molar-refractivity contribution in [3.63, 3.8) is 0 Å². The Labute approximate surface area is 183 Å². The fourth-order valence-electron chi connectivity index (χ4n) is 4.04. The Morgan fingerprint density at radius 1 is 1.07 bits per heavy atom. The van der Waals surface area contributed by atoms with E-state index in [9.17, 15) is 9.59 Å². The molecule has 1 aliphatic rings. The summed E-state index contributed by atoms with van der Waals surface area (Å²) in [5.74, 6) is -0.718. The lowest BCUT2D eigenvalue weighted by molar-refractivity contribution is 0.0601. The van der Waals surface area contributed by atoms with Crippen molar-refractivity contribution in [2.45, 2.75) is 52.9 Å². The molecule has 158 valence electrons.